The van der Waals surface area contributed by atoms with Gasteiger partial charge in [-0.1, -0.05) is 0 Å². The van der Waals surface area contributed by atoms with Gasteiger partial charge in [-0.05, 0) is 31.8 Å². The largest absolute Gasteiger partial charge is 0.391 e. The second kappa shape index (κ2) is 4.70. The van der Waals surface area contributed by atoms with Crippen molar-refractivity contribution in [1.29, 1.82) is 0 Å². The average Bonchev–Trinajstić information content (AvgIpc) is 2.40. The Labute approximate surface area is 67.7 Å². The summed E-state index contributed by atoms with van der Waals surface area (Å²) in [4.78, 5) is 0. The first-order valence-electron chi connectivity index (χ1n) is 4.20. The van der Waals surface area contributed by atoms with Gasteiger partial charge in [0.1, 0.15) is 0 Å². The zero-order valence-electron chi connectivity index (χ0n) is 7.05. The fraction of sp³-hybridized carbons (Fsp3) is 1.00. The fourth-order valence-corrected chi connectivity index (χ4v) is 1.56. The van der Waals surface area contributed by atoms with Crippen molar-refractivity contribution in [2.24, 2.45) is 5.92 Å². The van der Waals surface area contributed by atoms with Crippen LogP contribution in [0, 0.1) is 5.92 Å². The summed E-state index contributed by atoms with van der Waals surface area (Å²) in [6, 6.07) is 0. The highest BCUT2D eigenvalue weighted by Gasteiger charge is 2.17. The van der Waals surface area contributed by atoms with Crippen molar-refractivity contribution in [3.8, 4) is 0 Å². The van der Waals surface area contributed by atoms with Crippen LogP contribution in [0.15, 0.2) is 0 Å². The van der Waals surface area contributed by atoms with Crippen LogP contribution in [0.1, 0.15) is 12.8 Å². The second-order valence-corrected chi connectivity index (χ2v) is 3.20. The maximum Gasteiger partial charge on any atom is 0.0776 e. The molecule has 0 aromatic carbocycles. The Morgan fingerprint density at radius 2 is 2.55 bits per heavy atom. The van der Waals surface area contributed by atoms with Crippen LogP contribution in [0.25, 0.3) is 0 Å². The van der Waals surface area contributed by atoms with E-state index >= 15 is 0 Å². The predicted molar refractivity (Wildman–Crippen MR) is 43.5 cm³/mol. The molecule has 3 nitrogen and oxygen atoms in total. The molecule has 1 unspecified atom stereocenters. The van der Waals surface area contributed by atoms with E-state index in [1.807, 2.05) is 0 Å². The summed E-state index contributed by atoms with van der Waals surface area (Å²) in [7, 11) is 1.62. The lowest BCUT2D eigenvalue weighted by Gasteiger charge is -2.13. The number of methoxy groups -OCH3 is 1. The van der Waals surface area contributed by atoms with E-state index in [1.165, 1.54) is 6.42 Å². The van der Waals surface area contributed by atoms with Crippen molar-refractivity contribution in [1.82, 2.24) is 5.32 Å². The van der Waals surface area contributed by atoms with Gasteiger partial charge in [0.25, 0.3) is 0 Å². The molecule has 1 fully saturated rings. The molecule has 66 valence electrons. The van der Waals surface area contributed by atoms with Crippen molar-refractivity contribution in [3.05, 3.63) is 0 Å². The summed E-state index contributed by atoms with van der Waals surface area (Å²) in [6.45, 7) is 2.63. The van der Waals surface area contributed by atoms with E-state index in [2.05, 4.69) is 5.32 Å². The number of aliphatic hydroxyl groups is 1. The highest BCUT2D eigenvalue weighted by molar-refractivity contribution is 4.73. The molecule has 0 aromatic rings. The van der Waals surface area contributed by atoms with Gasteiger partial charge in [-0.2, -0.15) is 0 Å². The van der Waals surface area contributed by atoms with Crippen molar-refractivity contribution in [3.63, 3.8) is 0 Å². The molecule has 0 aliphatic carbocycles. The molecule has 1 aliphatic heterocycles. The SMILES string of the molecule is COC[C@@H](O)CC1CCNC1. The van der Waals surface area contributed by atoms with Crippen molar-refractivity contribution < 1.29 is 9.84 Å². The number of nitrogens with one attached hydrogen (secondary N) is 1. The summed E-state index contributed by atoms with van der Waals surface area (Å²) < 4.78 is 4.84. The van der Waals surface area contributed by atoms with Gasteiger partial charge in [0.05, 0.1) is 12.7 Å². The molecule has 1 rings (SSSR count). The highest BCUT2D eigenvalue weighted by Crippen LogP contribution is 2.14. The Balaban J connectivity index is 2.08. The van der Waals surface area contributed by atoms with Crippen molar-refractivity contribution >= 4 is 0 Å². The number of hydrogen-bond donors (Lipinski definition) is 2. The average molecular weight is 159 g/mol. The van der Waals surface area contributed by atoms with E-state index in [-0.39, 0.29) is 6.10 Å². The summed E-state index contributed by atoms with van der Waals surface area (Å²) in [5, 5.41) is 12.6. The lowest BCUT2D eigenvalue weighted by molar-refractivity contribution is 0.0500. The van der Waals surface area contributed by atoms with E-state index in [1.54, 1.807) is 7.11 Å². The first-order chi connectivity index (χ1) is 5.33. The van der Waals surface area contributed by atoms with Crippen LogP contribution < -0.4 is 5.32 Å². The third-order valence-corrected chi connectivity index (χ3v) is 2.13. The van der Waals surface area contributed by atoms with Gasteiger partial charge in [-0.3, -0.25) is 0 Å². The van der Waals surface area contributed by atoms with E-state index in [4.69, 9.17) is 4.74 Å². The minimum absolute atomic E-state index is 0.273. The van der Waals surface area contributed by atoms with Crippen LogP contribution >= 0.6 is 0 Å². The highest BCUT2D eigenvalue weighted by atomic mass is 16.5. The molecule has 0 bridgehead atoms. The second-order valence-electron chi connectivity index (χ2n) is 3.20. The zero-order chi connectivity index (χ0) is 8.10. The van der Waals surface area contributed by atoms with Crippen LogP contribution in [0.2, 0.25) is 0 Å². The van der Waals surface area contributed by atoms with E-state index in [9.17, 15) is 5.11 Å². The fourth-order valence-electron chi connectivity index (χ4n) is 1.56. The minimum Gasteiger partial charge on any atom is -0.391 e. The topological polar surface area (TPSA) is 41.5 Å². The lowest BCUT2D eigenvalue weighted by atomic mass is 10.0. The Morgan fingerprint density at radius 1 is 1.73 bits per heavy atom. The summed E-state index contributed by atoms with van der Waals surface area (Å²) in [6.07, 6.45) is 1.80. The molecule has 1 aliphatic rings. The minimum atomic E-state index is -0.273. The molecule has 1 saturated heterocycles. The Hall–Kier alpha value is -0.120. The summed E-state index contributed by atoms with van der Waals surface area (Å²) >= 11 is 0. The molecular weight excluding hydrogens is 142 g/mol. The smallest absolute Gasteiger partial charge is 0.0776 e. The third-order valence-electron chi connectivity index (χ3n) is 2.13. The van der Waals surface area contributed by atoms with Gasteiger partial charge in [0.2, 0.25) is 0 Å². The van der Waals surface area contributed by atoms with E-state index in [0.29, 0.717) is 12.5 Å². The quantitative estimate of drug-likeness (QED) is 0.606. The third kappa shape index (κ3) is 3.18. The van der Waals surface area contributed by atoms with Crippen molar-refractivity contribution in [2.45, 2.75) is 18.9 Å². The Bertz CT molecular complexity index is 102. The number of rotatable bonds is 4. The number of aliphatic hydroxyl groups excluding tert-OH is 1. The molecule has 0 radical (unpaired) electrons. The van der Waals surface area contributed by atoms with Crippen LogP contribution in [-0.2, 0) is 4.74 Å². The summed E-state index contributed by atoms with van der Waals surface area (Å²) in [5.74, 6) is 0.653. The molecule has 0 saturated carbocycles. The van der Waals surface area contributed by atoms with Gasteiger partial charge in [0, 0.05) is 7.11 Å². The maximum absolute atomic E-state index is 9.36. The van der Waals surface area contributed by atoms with Gasteiger partial charge < -0.3 is 15.2 Å². The molecule has 3 heteroatoms. The number of ether oxygens (including phenoxy) is 1. The van der Waals surface area contributed by atoms with Gasteiger partial charge in [-0.25, -0.2) is 0 Å². The monoisotopic (exact) mass is 159 g/mol. The van der Waals surface area contributed by atoms with Gasteiger partial charge >= 0.3 is 0 Å². The first-order valence-corrected chi connectivity index (χ1v) is 4.20. The molecule has 0 aromatic heterocycles. The lowest BCUT2D eigenvalue weighted by Crippen LogP contribution is -2.20. The molecule has 0 spiro atoms. The van der Waals surface area contributed by atoms with Crippen LogP contribution in [0.5, 0.6) is 0 Å². The standard InChI is InChI=1S/C8H17NO2/c1-11-6-8(10)4-7-2-3-9-5-7/h7-10H,2-6H2,1H3/t7?,8-/m0/s1. The normalized spacial score (nSPS) is 27.3. The molecule has 1 heterocycles. The number of hydrogen-bond acceptors (Lipinski definition) is 3. The van der Waals surface area contributed by atoms with E-state index < -0.39 is 0 Å². The predicted octanol–water partition coefficient (Wildman–Crippen LogP) is -0.00670. The van der Waals surface area contributed by atoms with E-state index in [0.717, 1.165) is 19.5 Å². The molecule has 0 amide bonds. The van der Waals surface area contributed by atoms with Crippen LogP contribution in [0.3, 0.4) is 0 Å². The zero-order valence-corrected chi connectivity index (χ0v) is 7.05. The first kappa shape index (κ1) is 8.97. The molecular formula is C8H17NO2. The summed E-state index contributed by atoms with van der Waals surface area (Å²) in [5.41, 5.74) is 0. The molecule has 2 N–H and O–H groups in total. The Morgan fingerprint density at radius 3 is 3.09 bits per heavy atom. The molecule has 11 heavy (non-hydrogen) atoms. The van der Waals surface area contributed by atoms with Crippen LogP contribution in [0.4, 0.5) is 0 Å². The van der Waals surface area contributed by atoms with Gasteiger partial charge in [0.15, 0.2) is 0 Å². The Kier molecular flexibility index (Phi) is 3.83. The maximum atomic E-state index is 9.36. The molecule has 2 atom stereocenters. The van der Waals surface area contributed by atoms with Gasteiger partial charge in [-0.15, -0.1) is 0 Å². The van der Waals surface area contributed by atoms with Crippen molar-refractivity contribution in [2.75, 3.05) is 26.8 Å². The van der Waals surface area contributed by atoms with Crippen LogP contribution in [-0.4, -0.2) is 38.0 Å².